The third kappa shape index (κ3) is 4.71. The van der Waals surface area contributed by atoms with Gasteiger partial charge in [-0.2, -0.15) is 5.10 Å². The highest BCUT2D eigenvalue weighted by Crippen LogP contribution is 2.17. The molecule has 3 N–H and O–H groups in total. The molecule has 1 amide bonds. The number of carbonyl (C=O) groups excluding carboxylic acids is 1. The third-order valence-corrected chi connectivity index (χ3v) is 3.16. The number of aliphatic hydroxyl groups is 1. The van der Waals surface area contributed by atoms with Gasteiger partial charge < -0.3 is 10.2 Å². The second-order valence-electron chi connectivity index (χ2n) is 4.82. The maximum Gasteiger partial charge on any atom is 0.240 e. The normalized spacial score (nSPS) is 12.2. The van der Waals surface area contributed by atoms with Gasteiger partial charge in [0.2, 0.25) is 5.91 Å². The molecule has 5 heteroatoms. The number of phenols is 1. The Hall–Kier alpha value is -2.66. The second-order valence-corrected chi connectivity index (χ2v) is 4.82. The molecule has 0 bridgehead atoms. The van der Waals surface area contributed by atoms with Gasteiger partial charge in [0.05, 0.1) is 12.3 Å². The smallest absolute Gasteiger partial charge is 0.240 e. The van der Waals surface area contributed by atoms with Gasteiger partial charge in [0.25, 0.3) is 0 Å². The Morgan fingerprint density at radius 3 is 2.55 bits per heavy atom. The molecule has 114 valence electrons. The zero-order valence-corrected chi connectivity index (χ0v) is 12.0. The lowest BCUT2D eigenvalue weighted by Gasteiger charge is -2.09. The van der Waals surface area contributed by atoms with Crippen LogP contribution in [0.4, 0.5) is 0 Å². The molecule has 22 heavy (non-hydrogen) atoms. The van der Waals surface area contributed by atoms with Gasteiger partial charge in [-0.15, -0.1) is 0 Å². The van der Waals surface area contributed by atoms with Crippen molar-refractivity contribution in [2.24, 2.45) is 5.10 Å². The van der Waals surface area contributed by atoms with Crippen LogP contribution in [0.15, 0.2) is 59.7 Å². The van der Waals surface area contributed by atoms with E-state index in [9.17, 15) is 15.0 Å². The van der Waals surface area contributed by atoms with E-state index >= 15 is 0 Å². The fourth-order valence-corrected chi connectivity index (χ4v) is 1.94. The number of para-hydroxylation sites is 1. The van der Waals surface area contributed by atoms with Crippen LogP contribution in [0.25, 0.3) is 0 Å². The van der Waals surface area contributed by atoms with Gasteiger partial charge in [0, 0.05) is 12.0 Å². The van der Waals surface area contributed by atoms with E-state index < -0.39 is 6.10 Å². The summed E-state index contributed by atoms with van der Waals surface area (Å²) in [6.07, 6.45) is 1.19. The Labute approximate surface area is 128 Å². The van der Waals surface area contributed by atoms with E-state index in [0.29, 0.717) is 12.0 Å². The predicted octanol–water partition coefficient (Wildman–Crippen LogP) is 2.36. The molecule has 2 aromatic carbocycles. The topological polar surface area (TPSA) is 81.9 Å². The van der Waals surface area contributed by atoms with Crippen molar-refractivity contribution in [3.05, 3.63) is 65.7 Å². The molecule has 0 fully saturated rings. The fraction of sp³-hybridized carbons (Fsp3) is 0.176. The van der Waals surface area contributed by atoms with Crippen LogP contribution in [-0.4, -0.2) is 22.3 Å². The molecular weight excluding hydrogens is 280 g/mol. The van der Waals surface area contributed by atoms with Crippen LogP contribution in [-0.2, 0) is 4.79 Å². The Bertz CT molecular complexity index is 641. The number of carbonyl (C=O) groups is 1. The van der Waals surface area contributed by atoms with Crippen molar-refractivity contribution in [1.29, 1.82) is 0 Å². The van der Waals surface area contributed by atoms with Crippen molar-refractivity contribution in [3.8, 4) is 5.75 Å². The molecule has 0 saturated heterocycles. The van der Waals surface area contributed by atoms with Gasteiger partial charge in [0.1, 0.15) is 5.75 Å². The lowest BCUT2D eigenvalue weighted by molar-refractivity contribution is -0.121. The minimum Gasteiger partial charge on any atom is -0.507 e. The summed E-state index contributed by atoms with van der Waals surface area (Å²) in [5.74, 6) is -0.193. The van der Waals surface area contributed by atoms with Gasteiger partial charge in [0.15, 0.2) is 0 Å². The number of nitrogens with one attached hydrogen (secondary N) is 1. The van der Waals surface area contributed by atoms with E-state index in [1.54, 1.807) is 24.3 Å². The number of rotatable bonds is 6. The molecule has 5 nitrogen and oxygen atoms in total. The number of nitrogens with zero attached hydrogens (tertiary/aromatic N) is 1. The van der Waals surface area contributed by atoms with Crippen LogP contribution in [0.5, 0.6) is 5.75 Å². The van der Waals surface area contributed by atoms with Crippen LogP contribution in [0, 0.1) is 0 Å². The van der Waals surface area contributed by atoms with Gasteiger partial charge in [-0.25, -0.2) is 5.43 Å². The maximum absolute atomic E-state index is 11.7. The molecule has 0 aromatic heterocycles. The third-order valence-electron chi connectivity index (χ3n) is 3.16. The summed E-state index contributed by atoms with van der Waals surface area (Å²) in [7, 11) is 0. The average molecular weight is 298 g/mol. The summed E-state index contributed by atoms with van der Waals surface area (Å²) < 4.78 is 0. The van der Waals surface area contributed by atoms with Gasteiger partial charge >= 0.3 is 0 Å². The highest BCUT2D eigenvalue weighted by Gasteiger charge is 2.09. The lowest BCUT2D eigenvalue weighted by atomic mass is 10.1. The van der Waals surface area contributed by atoms with E-state index in [0.717, 1.165) is 5.56 Å². The standard InChI is InChI=1S/C17H18N2O3/c20-15-9-5-4-8-14(15)12-18-19-17(22)11-10-16(21)13-6-2-1-3-7-13/h1-9,12,16,20-21H,10-11H2,(H,19,22)/b18-12-/t16-/m0/s1. The second kappa shape index (κ2) is 7.95. The molecule has 0 spiro atoms. The van der Waals surface area contributed by atoms with Crippen molar-refractivity contribution in [1.82, 2.24) is 5.43 Å². The molecule has 0 saturated carbocycles. The van der Waals surface area contributed by atoms with Crippen molar-refractivity contribution in [2.75, 3.05) is 0 Å². The number of hydrogen-bond acceptors (Lipinski definition) is 4. The van der Waals surface area contributed by atoms with Crippen molar-refractivity contribution >= 4 is 12.1 Å². The highest BCUT2D eigenvalue weighted by molar-refractivity contribution is 5.84. The molecule has 0 aliphatic rings. The monoisotopic (exact) mass is 298 g/mol. The first-order chi connectivity index (χ1) is 10.7. The molecule has 0 heterocycles. The largest absolute Gasteiger partial charge is 0.507 e. The van der Waals surface area contributed by atoms with Crippen LogP contribution in [0.1, 0.15) is 30.1 Å². The highest BCUT2D eigenvalue weighted by atomic mass is 16.3. The summed E-state index contributed by atoms with van der Waals surface area (Å²) in [6.45, 7) is 0. The zero-order chi connectivity index (χ0) is 15.8. The van der Waals surface area contributed by atoms with E-state index in [1.807, 2.05) is 30.3 Å². The summed E-state index contributed by atoms with van der Waals surface area (Å²) in [4.78, 5) is 11.7. The Balaban J connectivity index is 1.78. The van der Waals surface area contributed by atoms with E-state index in [-0.39, 0.29) is 18.1 Å². The van der Waals surface area contributed by atoms with Crippen molar-refractivity contribution in [3.63, 3.8) is 0 Å². The minimum atomic E-state index is -0.672. The maximum atomic E-state index is 11.7. The van der Waals surface area contributed by atoms with Gasteiger partial charge in [-0.1, -0.05) is 42.5 Å². The Kier molecular flexibility index (Phi) is 5.68. The molecule has 1 atom stereocenters. The number of aromatic hydroxyl groups is 1. The number of hydrogen-bond donors (Lipinski definition) is 3. The Morgan fingerprint density at radius 2 is 1.82 bits per heavy atom. The van der Waals surface area contributed by atoms with Crippen LogP contribution in [0.2, 0.25) is 0 Å². The minimum absolute atomic E-state index is 0.0972. The SMILES string of the molecule is O=C(CC[C@H](O)c1ccccc1)N/N=C\c1ccccc1O. The van der Waals surface area contributed by atoms with Crippen LogP contribution < -0.4 is 5.43 Å². The van der Waals surface area contributed by atoms with Gasteiger partial charge in [-0.05, 0) is 24.1 Å². The number of amides is 1. The van der Waals surface area contributed by atoms with Crippen molar-refractivity contribution < 1.29 is 15.0 Å². The average Bonchev–Trinajstić information content (AvgIpc) is 2.55. The number of phenolic OH excluding ortho intramolecular Hbond substituents is 1. The fourth-order valence-electron chi connectivity index (χ4n) is 1.94. The summed E-state index contributed by atoms with van der Waals surface area (Å²) >= 11 is 0. The predicted molar refractivity (Wildman–Crippen MR) is 84.5 cm³/mol. The molecule has 0 radical (unpaired) electrons. The lowest BCUT2D eigenvalue weighted by Crippen LogP contribution is -2.18. The summed E-state index contributed by atoms with van der Waals surface area (Å²) in [5.41, 5.74) is 3.68. The quantitative estimate of drug-likeness (QED) is 0.565. The van der Waals surface area contributed by atoms with Gasteiger partial charge in [-0.3, -0.25) is 4.79 Å². The number of aliphatic hydroxyl groups excluding tert-OH is 1. The van der Waals surface area contributed by atoms with Crippen molar-refractivity contribution in [2.45, 2.75) is 18.9 Å². The molecule has 0 aliphatic heterocycles. The first-order valence-electron chi connectivity index (χ1n) is 6.99. The molecular formula is C17H18N2O3. The van der Waals surface area contributed by atoms with E-state index in [2.05, 4.69) is 10.5 Å². The first kappa shape index (κ1) is 15.7. The molecule has 2 rings (SSSR count). The Morgan fingerprint density at radius 1 is 1.14 bits per heavy atom. The van der Waals surface area contributed by atoms with E-state index in [1.165, 1.54) is 6.21 Å². The zero-order valence-electron chi connectivity index (χ0n) is 12.0. The van der Waals surface area contributed by atoms with E-state index in [4.69, 9.17) is 0 Å². The van der Waals surface area contributed by atoms with Crippen LogP contribution >= 0.6 is 0 Å². The molecule has 2 aromatic rings. The molecule has 0 unspecified atom stereocenters. The number of benzene rings is 2. The molecule has 0 aliphatic carbocycles. The van der Waals surface area contributed by atoms with Crippen LogP contribution in [0.3, 0.4) is 0 Å². The summed E-state index contributed by atoms with van der Waals surface area (Å²) in [6, 6.07) is 15.9. The number of hydrazone groups is 1. The first-order valence-corrected chi connectivity index (χ1v) is 6.99. The summed E-state index contributed by atoms with van der Waals surface area (Å²) in [5, 5.41) is 23.3.